The van der Waals surface area contributed by atoms with Crippen LogP contribution in [-0.4, -0.2) is 26.1 Å². The minimum Gasteiger partial charge on any atom is -0.497 e. The lowest BCUT2D eigenvalue weighted by Gasteiger charge is -2.07. The lowest BCUT2D eigenvalue weighted by molar-refractivity contribution is -0.115. The lowest BCUT2D eigenvalue weighted by Crippen LogP contribution is -2.29. The standard InChI is InChI=1S/C15H18N2O3/c1-19-13-6-4-12(5-7-13)17-15(18)11-16-9-8-14-3-2-10-20-14/h2-7,10,16H,8-9,11H2,1H3,(H,17,18). The molecule has 1 amide bonds. The smallest absolute Gasteiger partial charge is 0.238 e. The molecule has 5 nitrogen and oxygen atoms in total. The first-order chi connectivity index (χ1) is 9.78. The Hall–Kier alpha value is -2.27. The molecule has 0 radical (unpaired) electrons. The molecule has 1 aromatic heterocycles. The van der Waals surface area contributed by atoms with Gasteiger partial charge in [0.25, 0.3) is 0 Å². The molecule has 0 saturated carbocycles. The SMILES string of the molecule is COc1ccc(NC(=O)CNCCc2ccco2)cc1. The summed E-state index contributed by atoms with van der Waals surface area (Å²) in [5, 5.41) is 5.88. The van der Waals surface area contributed by atoms with E-state index < -0.39 is 0 Å². The maximum Gasteiger partial charge on any atom is 0.238 e. The van der Waals surface area contributed by atoms with Crippen LogP contribution in [0.2, 0.25) is 0 Å². The van der Waals surface area contributed by atoms with Crippen molar-refractivity contribution in [1.82, 2.24) is 5.32 Å². The van der Waals surface area contributed by atoms with Crippen LogP contribution in [0, 0.1) is 0 Å². The van der Waals surface area contributed by atoms with E-state index in [0.717, 1.165) is 23.6 Å². The average molecular weight is 274 g/mol. The number of furan rings is 1. The second kappa shape index (κ2) is 7.35. The number of amides is 1. The molecule has 0 bridgehead atoms. The van der Waals surface area contributed by atoms with Gasteiger partial charge in [-0.1, -0.05) is 0 Å². The summed E-state index contributed by atoms with van der Waals surface area (Å²) in [5.41, 5.74) is 0.753. The fourth-order valence-corrected chi connectivity index (χ4v) is 1.75. The molecule has 1 heterocycles. The molecule has 0 fully saturated rings. The number of ether oxygens (including phenoxy) is 1. The first kappa shape index (κ1) is 14.1. The molecule has 1 aromatic carbocycles. The van der Waals surface area contributed by atoms with E-state index in [1.807, 2.05) is 12.1 Å². The molecular weight excluding hydrogens is 256 g/mol. The number of methoxy groups -OCH3 is 1. The van der Waals surface area contributed by atoms with Crippen molar-refractivity contribution < 1.29 is 13.9 Å². The molecule has 0 unspecified atom stereocenters. The van der Waals surface area contributed by atoms with Crippen LogP contribution in [0.15, 0.2) is 47.1 Å². The van der Waals surface area contributed by atoms with Gasteiger partial charge < -0.3 is 19.8 Å². The summed E-state index contributed by atoms with van der Waals surface area (Å²) in [6.45, 7) is 0.969. The van der Waals surface area contributed by atoms with Crippen LogP contribution < -0.4 is 15.4 Å². The Morgan fingerprint density at radius 3 is 2.70 bits per heavy atom. The van der Waals surface area contributed by atoms with Crippen LogP contribution in [0.1, 0.15) is 5.76 Å². The summed E-state index contributed by atoms with van der Waals surface area (Å²) in [6, 6.07) is 11.0. The molecule has 2 aromatic rings. The highest BCUT2D eigenvalue weighted by Gasteiger charge is 2.02. The molecule has 2 N–H and O–H groups in total. The molecule has 0 atom stereocenters. The van der Waals surface area contributed by atoms with Gasteiger partial charge in [-0.15, -0.1) is 0 Å². The van der Waals surface area contributed by atoms with Gasteiger partial charge >= 0.3 is 0 Å². The van der Waals surface area contributed by atoms with Crippen molar-refractivity contribution in [3.8, 4) is 5.75 Å². The third-order valence-electron chi connectivity index (χ3n) is 2.79. The second-order valence-corrected chi connectivity index (χ2v) is 4.28. The Kier molecular flexibility index (Phi) is 5.20. The Morgan fingerprint density at radius 2 is 2.05 bits per heavy atom. The monoisotopic (exact) mass is 274 g/mol. The molecule has 5 heteroatoms. The van der Waals surface area contributed by atoms with Crippen LogP contribution in [-0.2, 0) is 11.2 Å². The third-order valence-corrected chi connectivity index (χ3v) is 2.79. The summed E-state index contributed by atoms with van der Waals surface area (Å²) in [6.07, 6.45) is 2.41. The van der Waals surface area contributed by atoms with E-state index in [1.54, 1.807) is 37.6 Å². The van der Waals surface area contributed by atoms with E-state index in [0.29, 0.717) is 6.54 Å². The summed E-state index contributed by atoms with van der Waals surface area (Å²) in [4.78, 5) is 11.7. The largest absolute Gasteiger partial charge is 0.497 e. The molecule has 0 aliphatic carbocycles. The van der Waals surface area contributed by atoms with E-state index in [9.17, 15) is 4.79 Å². The van der Waals surface area contributed by atoms with E-state index in [1.165, 1.54) is 0 Å². The molecule has 0 aliphatic heterocycles. The topological polar surface area (TPSA) is 63.5 Å². The summed E-state index contributed by atoms with van der Waals surface area (Å²) in [5.74, 6) is 1.60. The highest BCUT2D eigenvalue weighted by Crippen LogP contribution is 2.14. The van der Waals surface area contributed by atoms with Crippen molar-refractivity contribution in [2.75, 3.05) is 25.5 Å². The highest BCUT2D eigenvalue weighted by molar-refractivity contribution is 5.92. The van der Waals surface area contributed by atoms with Gasteiger partial charge in [0.1, 0.15) is 11.5 Å². The van der Waals surface area contributed by atoms with Crippen LogP contribution >= 0.6 is 0 Å². The van der Waals surface area contributed by atoms with Crippen LogP contribution in [0.3, 0.4) is 0 Å². The lowest BCUT2D eigenvalue weighted by atomic mass is 10.3. The third kappa shape index (κ3) is 4.44. The number of rotatable bonds is 7. The zero-order valence-electron chi connectivity index (χ0n) is 11.4. The summed E-state index contributed by atoms with van der Waals surface area (Å²) >= 11 is 0. The fourth-order valence-electron chi connectivity index (χ4n) is 1.75. The molecular formula is C15H18N2O3. The zero-order valence-corrected chi connectivity index (χ0v) is 11.4. The van der Waals surface area contributed by atoms with Gasteiger partial charge in [-0.2, -0.15) is 0 Å². The Balaban J connectivity index is 1.66. The average Bonchev–Trinajstić information content (AvgIpc) is 2.98. The molecule has 0 saturated heterocycles. The first-order valence-electron chi connectivity index (χ1n) is 6.45. The van der Waals surface area contributed by atoms with Crippen LogP contribution in [0.25, 0.3) is 0 Å². The van der Waals surface area contributed by atoms with E-state index in [-0.39, 0.29) is 12.5 Å². The Morgan fingerprint density at radius 1 is 1.25 bits per heavy atom. The van der Waals surface area contributed by atoms with Gasteiger partial charge in [0, 0.05) is 18.7 Å². The molecule has 2 rings (SSSR count). The molecule has 20 heavy (non-hydrogen) atoms. The summed E-state index contributed by atoms with van der Waals surface area (Å²) < 4.78 is 10.3. The Bertz CT molecular complexity index is 521. The van der Waals surface area contributed by atoms with Crippen LogP contribution in [0.4, 0.5) is 5.69 Å². The predicted molar refractivity (Wildman–Crippen MR) is 76.9 cm³/mol. The zero-order chi connectivity index (χ0) is 14.2. The number of anilines is 1. The number of nitrogens with one attached hydrogen (secondary N) is 2. The van der Waals surface area contributed by atoms with Crippen molar-refractivity contribution >= 4 is 11.6 Å². The van der Waals surface area contributed by atoms with Gasteiger partial charge in [-0.3, -0.25) is 4.79 Å². The fraction of sp³-hybridized carbons (Fsp3) is 0.267. The predicted octanol–water partition coefficient (Wildman–Crippen LogP) is 2.06. The van der Waals surface area contributed by atoms with Crippen molar-refractivity contribution in [2.45, 2.75) is 6.42 Å². The molecule has 0 aliphatic rings. The number of carbonyl (C=O) groups is 1. The van der Waals surface area contributed by atoms with Crippen LogP contribution in [0.5, 0.6) is 5.75 Å². The van der Waals surface area contributed by atoms with E-state index >= 15 is 0 Å². The maximum absolute atomic E-state index is 11.7. The minimum atomic E-state index is -0.0744. The van der Waals surface area contributed by atoms with Crippen molar-refractivity contribution in [3.63, 3.8) is 0 Å². The van der Waals surface area contributed by atoms with Crippen molar-refractivity contribution in [3.05, 3.63) is 48.4 Å². The first-order valence-corrected chi connectivity index (χ1v) is 6.45. The maximum atomic E-state index is 11.7. The van der Waals surface area contributed by atoms with Gasteiger partial charge in [-0.25, -0.2) is 0 Å². The van der Waals surface area contributed by atoms with E-state index in [2.05, 4.69) is 10.6 Å². The summed E-state index contributed by atoms with van der Waals surface area (Å²) in [7, 11) is 1.61. The highest BCUT2D eigenvalue weighted by atomic mass is 16.5. The normalized spacial score (nSPS) is 10.2. The van der Waals surface area contributed by atoms with Gasteiger partial charge in [0.05, 0.1) is 19.9 Å². The van der Waals surface area contributed by atoms with E-state index in [4.69, 9.17) is 9.15 Å². The van der Waals surface area contributed by atoms with Gasteiger partial charge in [-0.05, 0) is 36.4 Å². The van der Waals surface area contributed by atoms with Crippen molar-refractivity contribution in [2.24, 2.45) is 0 Å². The van der Waals surface area contributed by atoms with Gasteiger partial charge in [0.15, 0.2) is 0 Å². The van der Waals surface area contributed by atoms with Gasteiger partial charge in [0.2, 0.25) is 5.91 Å². The molecule has 106 valence electrons. The number of benzene rings is 1. The Labute approximate surface area is 117 Å². The quantitative estimate of drug-likeness (QED) is 0.759. The number of hydrogen-bond acceptors (Lipinski definition) is 4. The second-order valence-electron chi connectivity index (χ2n) is 4.28. The molecule has 0 spiro atoms. The number of hydrogen-bond donors (Lipinski definition) is 2. The van der Waals surface area contributed by atoms with Crippen molar-refractivity contribution in [1.29, 1.82) is 0 Å². The number of carbonyl (C=O) groups excluding carboxylic acids is 1. The minimum absolute atomic E-state index is 0.0744.